The lowest BCUT2D eigenvalue weighted by atomic mass is 10.0. The van der Waals surface area contributed by atoms with E-state index in [4.69, 9.17) is 0 Å². The minimum atomic E-state index is 0.817. The first kappa shape index (κ1) is 16.6. The van der Waals surface area contributed by atoms with Crippen LogP contribution in [0, 0.1) is 0 Å². The van der Waals surface area contributed by atoms with E-state index >= 15 is 0 Å². The highest BCUT2D eigenvalue weighted by atomic mass is 15.1. The molecule has 6 aromatic heterocycles. The quantitative estimate of drug-likeness (QED) is 0.460. The lowest BCUT2D eigenvalue weighted by Crippen LogP contribution is -1.85. The summed E-state index contributed by atoms with van der Waals surface area (Å²) in [7, 11) is 0. The maximum Gasteiger partial charge on any atom is 0.138 e. The van der Waals surface area contributed by atoms with Crippen molar-refractivity contribution in [2.75, 3.05) is 0 Å². The summed E-state index contributed by atoms with van der Waals surface area (Å²) in [6.07, 6.45) is 10.8. The van der Waals surface area contributed by atoms with E-state index in [9.17, 15) is 0 Å². The van der Waals surface area contributed by atoms with Crippen molar-refractivity contribution >= 4 is 21.9 Å². The molecule has 0 saturated heterocycles. The Morgan fingerprint density at radius 2 is 1.67 bits per heavy atom. The van der Waals surface area contributed by atoms with E-state index < -0.39 is 0 Å². The van der Waals surface area contributed by atoms with Gasteiger partial charge in [-0.25, -0.2) is 4.98 Å². The molecule has 7 heteroatoms. The van der Waals surface area contributed by atoms with Crippen molar-refractivity contribution in [3.8, 4) is 33.8 Å². The van der Waals surface area contributed by atoms with E-state index in [1.54, 1.807) is 24.8 Å². The summed E-state index contributed by atoms with van der Waals surface area (Å²) in [6.45, 7) is 0. The molecule has 0 aliphatic carbocycles. The predicted octanol–water partition coefficient (Wildman–Crippen LogP) is 4.63. The molecule has 0 aliphatic heterocycles. The van der Waals surface area contributed by atoms with E-state index in [1.165, 1.54) is 0 Å². The Bertz CT molecular complexity index is 1480. The van der Waals surface area contributed by atoms with Gasteiger partial charge < -0.3 is 4.98 Å². The first-order valence-electron chi connectivity index (χ1n) is 9.50. The Balaban J connectivity index is 1.52. The van der Waals surface area contributed by atoms with Gasteiger partial charge in [-0.15, -0.1) is 0 Å². The van der Waals surface area contributed by atoms with Crippen molar-refractivity contribution in [3.05, 3.63) is 79.6 Å². The van der Waals surface area contributed by atoms with Gasteiger partial charge in [-0.2, -0.15) is 5.10 Å². The molecule has 0 amide bonds. The molecule has 7 nitrogen and oxygen atoms in total. The number of pyridine rings is 4. The lowest BCUT2D eigenvalue weighted by Gasteiger charge is -2.01. The fourth-order valence-corrected chi connectivity index (χ4v) is 3.73. The summed E-state index contributed by atoms with van der Waals surface area (Å²) in [4.78, 5) is 20.8. The van der Waals surface area contributed by atoms with Gasteiger partial charge >= 0.3 is 0 Å². The van der Waals surface area contributed by atoms with Gasteiger partial charge in [0, 0.05) is 47.3 Å². The van der Waals surface area contributed by atoms with Crippen LogP contribution in [0.25, 0.3) is 55.7 Å². The molecule has 0 radical (unpaired) electrons. The standard InChI is InChI=1S/C23H15N7/c1-2-15(12-25-6-1)19-11-18-21(13-27-19)29-30-22(18)20-10-17-16(5-9-26-23(17)28-20)14-3-7-24-8-4-14/h1-13H,(H,26,28)(H,29,30). The topological polar surface area (TPSA) is 96.0 Å². The van der Waals surface area contributed by atoms with Crippen LogP contribution in [0.5, 0.6) is 0 Å². The smallest absolute Gasteiger partial charge is 0.138 e. The zero-order valence-corrected chi connectivity index (χ0v) is 15.7. The zero-order valence-electron chi connectivity index (χ0n) is 15.7. The van der Waals surface area contributed by atoms with Crippen LogP contribution >= 0.6 is 0 Å². The minimum Gasteiger partial charge on any atom is -0.338 e. The van der Waals surface area contributed by atoms with Crippen LogP contribution in [0.4, 0.5) is 0 Å². The zero-order chi connectivity index (χ0) is 19.9. The van der Waals surface area contributed by atoms with Crippen LogP contribution in [-0.4, -0.2) is 35.1 Å². The molecule has 142 valence electrons. The molecule has 0 spiro atoms. The molecule has 2 N–H and O–H groups in total. The summed E-state index contributed by atoms with van der Waals surface area (Å²) < 4.78 is 0. The predicted molar refractivity (Wildman–Crippen MR) is 115 cm³/mol. The second-order valence-corrected chi connectivity index (χ2v) is 6.97. The maximum atomic E-state index is 4.55. The third kappa shape index (κ3) is 2.64. The van der Waals surface area contributed by atoms with Crippen molar-refractivity contribution in [3.63, 3.8) is 0 Å². The number of nitrogens with zero attached hydrogens (tertiary/aromatic N) is 5. The molecule has 6 rings (SSSR count). The van der Waals surface area contributed by atoms with Crippen LogP contribution in [-0.2, 0) is 0 Å². The molecule has 0 atom stereocenters. The Hall–Kier alpha value is -4.39. The van der Waals surface area contributed by atoms with E-state index in [-0.39, 0.29) is 0 Å². The number of hydrogen-bond acceptors (Lipinski definition) is 5. The second-order valence-electron chi connectivity index (χ2n) is 6.97. The number of rotatable bonds is 3. The lowest BCUT2D eigenvalue weighted by molar-refractivity contribution is 1.11. The number of aromatic amines is 2. The van der Waals surface area contributed by atoms with E-state index in [0.29, 0.717) is 0 Å². The number of nitrogens with one attached hydrogen (secondary N) is 2. The van der Waals surface area contributed by atoms with E-state index in [1.807, 2.05) is 48.8 Å². The number of H-pyrrole nitrogens is 2. The highest BCUT2D eigenvalue weighted by Crippen LogP contribution is 2.33. The summed E-state index contributed by atoms with van der Waals surface area (Å²) in [6, 6.07) is 14.0. The SMILES string of the molecule is c1cncc(-c2cc3c(-c4cc5c(-c6ccncc6)ccnc5[nH]4)n[nH]c3cn2)c1. The van der Waals surface area contributed by atoms with Gasteiger partial charge in [0.2, 0.25) is 0 Å². The summed E-state index contributed by atoms with van der Waals surface area (Å²) in [5, 5.41) is 9.65. The molecular weight excluding hydrogens is 374 g/mol. The van der Waals surface area contributed by atoms with Crippen LogP contribution in [0.2, 0.25) is 0 Å². The molecule has 6 heterocycles. The summed E-state index contributed by atoms with van der Waals surface area (Å²) in [5.41, 5.74) is 7.43. The minimum absolute atomic E-state index is 0.817. The molecule has 0 bridgehead atoms. The highest BCUT2D eigenvalue weighted by Gasteiger charge is 2.15. The van der Waals surface area contributed by atoms with Gasteiger partial charge in [-0.1, -0.05) is 0 Å². The largest absolute Gasteiger partial charge is 0.338 e. The van der Waals surface area contributed by atoms with Crippen LogP contribution in [0.1, 0.15) is 0 Å². The van der Waals surface area contributed by atoms with Crippen LogP contribution < -0.4 is 0 Å². The van der Waals surface area contributed by atoms with Crippen molar-refractivity contribution in [1.29, 1.82) is 0 Å². The van der Waals surface area contributed by atoms with Crippen LogP contribution in [0.15, 0.2) is 79.6 Å². The molecule has 0 fully saturated rings. The maximum absolute atomic E-state index is 4.55. The molecule has 0 unspecified atom stereocenters. The Labute approximate surface area is 170 Å². The average molecular weight is 389 g/mol. The first-order chi connectivity index (χ1) is 14.9. The van der Waals surface area contributed by atoms with Crippen molar-refractivity contribution in [2.24, 2.45) is 0 Å². The Kier molecular flexibility index (Phi) is 3.64. The average Bonchev–Trinajstić information content (AvgIpc) is 3.43. The fourth-order valence-electron chi connectivity index (χ4n) is 3.73. The second kappa shape index (κ2) is 6.59. The Morgan fingerprint density at radius 3 is 2.53 bits per heavy atom. The van der Waals surface area contributed by atoms with E-state index in [2.05, 4.69) is 41.2 Å². The third-order valence-electron chi connectivity index (χ3n) is 5.18. The van der Waals surface area contributed by atoms with Crippen molar-refractivity contribution < 1.29 is 0 Å². The fraction of sp³-hybridized carbons (Fsp3) is 0. The van der Waals surface area contributed by atoms with Crippen LogP contribution in [0.3, 0.4) is 0 Å². The molecular formula is C23H15N7. The molecule has 0 aromatic carbocycles. The van der Waals surface area contributed by atoms with Crippen molar-refractivity contribution in [1.82, 2.24) is 35.1 Å². The van der Waals surface area contributed by atoms with Gasteiger partial charge in [0.1, 0.15) is 11.3 Å². The van der Waals surface area contributed by atoms with Gasteiger partial charge in [-0.05, 0) is 53.6 Å². The van der Waals surface area contributed by atoms with Gasteiger partial charge in [0.15, 0.2) is 0 Å². The number of aromatic nitrogens is 7. The Morgan fingerprint density at radius 1 is 0.733 bits per heavy atom. The molecule has 30 heavy (non-hydrogen) atoms. The molecule has 0 saturated carbocycles. The molecule has 0 aliphatic rings. The number of fused-ring (bicyclic) bond motifs is 2. The first-order valence-corrected chi connectivity index (χ1v) is 9.50. The highest BCUT2D eigenvalue weighted by molar-refractivity contribution is 6.00. The third-order valence-corrected chi connectivity index (χ3v) is 5.18. The van der Waals surface area contributed by atoms with Crippen molar-refractivity contribution in [2.45, 2.75) is 0 Å². The summed E-state index contributed by atoms with van der Waals surface area (Å²) in [5.74, 6) is 0. The van der Waals surface area contributed by atoms with Gasteiger partial charge in [0.05, 0.1) is 23.1 Å². The normalized spacial score (nSPS) is 11.3. The molecule has 6 aromatic rings. The number of hydrogen-bond donors (Lipinski definition) is 2. The van der Waals surface area contributed by atoms with E-state index in [0.717, 1.165) is 55.7 Å². The van der Waals surface area contributed by atoms with Gasteiger partial charge in [0.25, 0.3) is 0 Å². The summed E-state index contributed by atoms with van der Waals surface area (Å²) >= 11 is 0. The monoisotopic (exact) mass is 389 g/mol. The van der Waals surface area contributed by atoms with Gasteiger partial charge in [-0.3, -0.25) is 20.1 Å².